The Balaban J connectivity index is 2.36. The summed E-state index contributed by atoms with van der Waals surface area (Å²) in [6.45, 7) is 6.07. The predicted molar refractivity (Wildman–Crippen MR) is 42.2 cm³/mol. The van der Waals surface area contributed by atoms with E-state index in [4.69, 9.17) is 4.74 Å². The van der Waals surface area contributed by atoms with Gasteiger partial charge >= 0.3 is 0 Å². The molecule has 11 heavy (non-hydrogen) atoms. The fourth-order valence-electron chi connectivity index (χ4n) is 1.16. The Bertz CT molecular complexity index is 167. The van der Waals surface area contributed by atoms with Gasteiger partial charge in [-0.05, 0) is 19.4 Å². The van der Waals surface area contributed by atoms with Crippen molar-refractivity contribution in [1.29, 1.82) is 0 Å². The zero-order valence-corrected chi connectivity index (χ0v) is 6.67. The maximum Gasteiger partial charge on any atom is 0.243 e. The van der Waals surface area contributed by atoms with Gasteiger partial charge in [0.15, 0.2) is 0 Å². The van der Waals surface area contributed by atoms with Crippen LogP contribution in [0.3, 0.4) is 0 Å². The second-order valence-corrected chi connectivity index (χ2v) is 2.68. The Morgan fingerprint density at radius 1 is 1.82 bits per heavy atom. The minimum atomic E-state index is -0.118. The Morgan fingerprint density at radius 2 is 2.55 bits per heavy atom. The van der Waals surface area contributed by atoms with E-state index < -0.39 is 0 Å². The topological polar surface area (TPSA) is 38.3 Å². The van der Waals surface area contributed by atoms with E-state index in [1.807, 2.05) is 6.92 Å². The number of hydrogen-bond donors (Lipinski definition) is 1. The first-order valence-corrected chi connectivity index (χ1v) is 3.78. The van der Waals surface area contributed by atoms with Gasteiger partial charge in [0, 0.05) is 6.61 Å². The summed E-state index contributed by atoms with van der Waals surface area (Å²) < 4.78 is 5.26. The van der Waals surface area contributed by atoms with Crippen LogP contribution in [0.1, 0.15) is 13.3 Å². The van der Waals surface area contributed by atoms with Crippen molar-refractivity contribution in [3.8, 4) is 0 Å². The van der Waals surface area contributed by atoms with Crippen LogP contribution in [-0.4, -0.2) is 24.7 Å². The molecule has 1 rings (SSSR count). The maximum atomic E-state index is 10.8. The van der Waals surface area contributed by atoms with Crippen molar-refractivity contribution in [3.05, 3.63) is 12.7 Å². The number of nitrogens with one attached hydrogen (secondary N) is 1. The molecule has 3 heteroatoms. The molecule has 62 valence electrons. The lowest BCUT2D eigenvalue weighted by Gasteiger charge is -2.13. The molecule has 1 saturated heterocycles. The lowest BCUT2D eigenvalue weighted by molar-refractivity contribution is -0.117. The number of ether oxygens (including phenoxy) is 1. The SMILES string of the molecule is C=CC(=O)NC1CCOC1C. The van der Waals surface area contributed by atoms with E-state index in [1.54, 1.807) is 0 Å². The molecule has 0 saturated carbocycles. The number of carbonyl (C=O) groups excluding carboxylic acids is 1. The molecule has 0 aromatic carbocycles. The van der Waals surface area contributed by atoms with Crippen LogP contribution in [0.15, 0.2) is 12.7 Å². The molecule has 0 bridgehead atoms. The zero-order valence-electron chi connectivity index (χ0n) is 6.67. The molecule has 0 aliphatic carbocycles. The number of rotatable bonds is 2. The van der Waals surface area contributed by atoms with Crippen molar-refractivity contribution in [2.45, 2.75) is 25.5 Å². The molecule has 3 nitrogen and oxygen atoms in total. The van der Waals surface area contributed by atoms with Gasteiger partial charge in [0.05, 0.1) is 12.1 Å². The van der Waals surface area contributed by atoms with Crippen molar-refractivity contribution in [1.82, 2.24) is 5.32 Å². The average Bonchev–Trinajstić information content (AvgIpc) is 2.37. The highest BCUT2D eigenvalue weighted by molar-refractivity contribution is 5.87. The summed E-state index contributed by atoms with van der Waals surface area (Å²) in [4.78, 5) is 10.8. The normalized spacial score (nSPS) is 29.9. The van der Waals surface area contributed by atoms with Gasteiger partial charge < -0.3 is 10.1 Å². The highest BCUT2D eigenvalue weighted by atomic mass is 16.5. The summed E-state index contributed by atoms with van der Waals surface area (Å²) in [6.07, 6.45) is 2.32. The smallest absolute Gasteiger partial charge is 0.243 e. The van der Waals surface area contributed by atoms with Gasteiger partial charge in [0.1, 0.15) is 0 Å². The van der Waals surface area contributed by atoms with E-state index >= 15 is 0 Å². The molecule has 1 aliphatic rings. The Hall–Kier alpha value is -0.830. The molecule has 2 atom stereocenters. The molecule has 1 N–H and O–H groups in total. The molecule has 1 amide bonds. The molecular weight excluding hydrogens is 142 g/mol. The summed E-state index contributed by atoms with van der Waals surface area (Å²) in [6, 6.07) is 0.167. The van der Waals surface area contributed by atoms with Gasteiger partial charge in [0.25, 0.3) is 0 Å². The molecule has 0 aromatic heterocycles. The van der Waals surface area contributed by atoms with E-state index in [0.717, 1.165) is 13.0 Å². The van der Waals surface area contributed by atoms with Gasteiger partial charge in [-0.3, -0.25) is 4.79 Å². The summed E-state index contributed by atoms with van der Waals surface area (Å²) in [5, 5.41) is 2.80. The fourth-order valence-corrected chi connectivity index (χ4v) is 1.16. The predicted octanol–water partition coefficient (Wildman–Crippen LogP) is 0.466. The first-order chi connectivity index (χ1) is 5.24. The van der Waals surface area contributed by atoms with E-state index in [2.05, 4.69) is 11.9 Å². The summed E-state index contributed by atoms with van der Waals surface area (Å²) >= 11 is 0. The Kier molecular flexibility index (Phi) is 2.65. The standard InChI is InChI=1S/C8H13NO2/c1-3-8(10)9-7-4-5-11-6(7)2/h3,6-7H,1,4-5H2,2H3,(H,9,10). The Labute approximate surface area is 66.4 Å². The van der Waals surface area contributed by atoms with Crippen molar-refractivity contribution in [2.75, 3.05) is 6.61 Å². The molecule has 1 fully saturated rings. The average molecular weight is 155 g/mol. The van der Waals surface area contributed by atoms with Crippen LogP contribution in [0.2, 0.25) is 0 Å². The first kappa shape index (κ1) is 8.27. The van der Waals surface area contributed by atoms with Crippen molar-refractivity contribution >= 4 is 5.91 Å². The van der Waals surface area contributed by atoms with E-state index in [0.29, 0.717) is 0 Å². The van der Waals surface area contributed by atoms with Crippen molar-refractivity contribution in [2.24, 2.45) is 0 Å². The van der Waals surface area contributed by atoms with Gasteiger partial charge in [0.2, 0.25) is 5.91 Å². The van der Waals surface area contributed by atoms with E-state index in [9.17, 15) is 4.79 Å². The molecule has 0 aromatic rings. The summed E-state index contributed by atoms with van der Waals surface area (Å²) in [7, 11) is 0. The third-order valence-electron chi connectivity index (χ3n) is 1.89. The first-order valence-electron chi connectivity index (χ1n) is 3.78. The largest absolute Gasteiger partial charge is 0.376 e. The minimum absolute atomic E-state index is 0.118. The van der Waals surface area contributed by atoms with Gasteiger partial charge in [-0.25, -0.2) is 0 Å². The van der Waals surface area contributed by atoms with Crippen LogP contribution in [-0.2, 0) is 9.53 Å². The van der Waals surface area contributed by atoms with Crippen LogP contribution >= 0.6 is 0 Å². The van der Waals surface area contributed by atoms with Gasteiger partial charge in [-0.1, -0.05) is 6.58 Å². The van der Waals surface area contributed by atoms with Gasteiger partial charge in [-0.2, -0.15) is 0 Å². The lowest BCUT2D eigenvalue weighted by Crippen LogP contribution is -2.38. The quantitative estimate of drug-likeness (QED) is 0.588. The third-order valence-corrected chi connectivity index (χ3v) is 1.89. The minimum Gasteiger partial charge on any atom is -0.376 e. The molecule has 0 spiro atoms. The molecule has 0 radical (unpaired) electrons. The number of hydrogen-bond acceptors (Lipinski definition) is 2. The summed E-state index contributed by atoms with van der Waals surface area (Å²) in [5.74, 6) is -0.118. The van der Waals surface area contributed by atoms with Crippen LogP contribution in [0.4, 0.5) is 0 Å². The second kappa shape index (κ2) is 3.53. The van der Waals surface area contributed by atoms with E-state index in [-0.39, 0.29) is 18.1 Å². The lowest BCUT2D eigenvalue weighted by atomic mass is 10.1. The van der Waals surface area contributed by atoms with Crippen molar-refractivity contribution in [3.63, 3.8) is 0 Å². The van der Waals surface area contributed by atoms with Crippen LogP contribution in [0.25, 0.3) is 0 Å². The van der Waals surface area contributed by atoms with Crippen LogP contribution in [0, 0.1) is 0 Å². The molecule has 2 unspecified atom stereocenters. The maximum absolute atomic E-state index is 10.8. The zero-order chi connectivity index (χ0) is 8.27. The number of carbonyl (C=O) groups is 1. The Morgan fingerprint density at radius 3 is 3.00 bits per heavy atom. The monoisotopic (exact) mass is 155 g/mol. The molecular formula is C8H13NO2. The van der Waals surface area contributed by atoms with Gasteiger partial charge in [-0.15, -0.1) is 0 Å². The molecule has 1 heterocycles. The van der Waals surface area contributed by atoms with Crippen LogP contribution in [0.5, 0.6) is 0 Å². The fraction of sp³-hybridized carbons (Fsp3) is 0.625. The third kappa shape index (κ3) is 2.05. The van der Waals surface area contributed by atoms with Crippen molar-refractivity contribution < 1.29 is 9.53 Å². The van der Waals surface area contributed by atoms with E-state index in [1.165, 1.54) is 6.08 Å². The summed E-state index contributed by atoms with van der Waals surface area (Å²) in [5.41, 5.74) is 0. The number of amides is 1. The molecule has 1 aliphatic heterocycles. The second-order valence-electron chi connectivity index (χ2n) is 2.68. The van der Waals surface area contributed by atoms with Crippen LogP contribution < -0.4 is 5.32 Å². The highest BCUT2D eigenvalue weighted by Crippen LogP contribution is 2.11. The highest BCUT2D eigenvalue weighted by Gasteiger charge is 2.24.